The van der Waals surface area contributed by atoms with Crippen LogP contribution in [-0.2, 0) is 28.6 Å². The van der Waals surface area contributed by atoms with Crippen LogP contribution in [0.2, 0.25) is 0 Å². The number of alkyl halides is 41. The number of thiocarbonyl (C=S) groups is 3. The molecule has 0 saturated carbocycles. The summed E-state index contributed by atoms with van der Waals surface area (Å²) in [7, 11) is 0. The highest BCUT2D eigenvalue weighted by Crippen LogP contribution is 2.64. The van der Waals surface area contributed by atoms with E-state index in [0.717, 1.165) is 138 Å². The third-order valence-corrected chi connectivity index (χ3v) is 28.5. The number of nitriles is 3. The summed E-state index contributed by atoms with van der Waals surface area (Å²) in [5, 5.41) is 22.4. The largest absolute Gasteiger partial charge is 0.465 e. The lowest BCUT2D eigenvalue weighted by atomic mass is 9.88. The summed E-state index contributed by atoms with van der Waals surface area (Å²) in [6, 6.07) is 5.07. The van der Waals surface area contributed by atoms with Gasteiger partial charge in [0.1, 0.15) is 26.3 Å². The second kappa shape index (κ2) is 62.6. The van der Waals surface area contributed by atoms with Crippen LogP contribution in [0.15, 0.2) is 0 Å². The molecule has 3 atom stereocenters. The Balaban J connectivity index is -0.00000203. The lowest BCUT2D eigenvalue weighted by Gasteiger charge is -2.41. The average Bonchev–Trinajstić information content (AvgIpc) is 0.721. The maximum absolute atomic E-state index is 14.3. The first-order valence-electron chi connectivity index (χ1n) is 42.7. The molecule has 0 aromatic heterocycles. The van der Waals surface area contributed by atoms with Crippen LogP contribution in [-0.4, -0.2) is 195 Å². The van der Waals surface area contributed by atoms with Crippen LogP contribution >= 0.6 is 107 Å². The monoisotopic (exact) mass is 2270 g/mol. The molecule has 0 rings (SSSR count). The SMILES string of the molecule is CCCCCCCCCCCCSC(=S)SC(CCC#N)C(=O)OCCC(F)(F)C(F)(F)C(F)(F)C(F)(F)C(F)(F)C(F)(F)F.CCCCCCCCCCCCSC(=S)SC(CCC#N)C(=O)OCCC(F)(F)C(F)(F)C(F)(F)C(F)(F)C(F)(F)CC(F)(F)C(F)(F)C(F)(F)C(F)(F)F.CCCCCCCCCCCCSC(=S)SC(CCC#N)C(=O)OCCC(F)(F)C(F)(F)C(F)(F)C(F)(F)F. The lowest BCUT2D eigenvalue weighted by molar-refractivity contribution is -0.440. The molecule has 139 heavy (non-hydrogen) atoms. The third kappa shape index (κ3) is 43.2. The number of hydrogen-bond acceptors (Lipinski definition) is 18. The molecule has 0 radical (unpaired) electrons. The molecule has 0 bridgehead atoms. The molecule has 0 amide bonds. The Labute approximate surface area is 817 Å². The molecule has 0 spiro atoms. The van der Waals surface area contributed by atoms with Crippen molar-refractivity contribution < 1.29 is 209 Å². The molecular weight excluding hydrogens is 2170 g/mol. The van der Waals surface area contributed by atoms with Gasteiger partial charge in [-0.05, 0) is 55.8 Å². The summed E-state index contributed by atoms with van der Waals surface area (Å²) in [6.45, 7) is 0.968. The van der Waals surface area contributed by atoms with Gasteiger partial charge in [-0.25, -0.2) is 0 Å². The first-order valence-corrected chi connectivity index (χ1v) is 49.5. The van der Waals surface area contributed by atoms with Crippen LogP contribution < -0.4 is 0 Å². The summed E-state index contributed by atoms with van der Waals surface area (Å²) in [6.07, 6.45) is -4.14. The highest BCUT2D eigenvalue weighted by atomic mass is 32.2. The number of rotatable bonds is 68. The quantitative estimate of drug-likeness (QED) is 0.0187. The van der Waals surface area contributed by atoms with Crippen molar-refractivity contribution in [1.29, 1.82) is 15.8 Å². The number of nitrogens with zero attached hydrogens (tertiary/aromatic N) is 3. The van der Waals surface area contributed by atoms with Crippen LogP contribution in [0.25, 0.3) is 0 Å². The third-order valence-electron chi connectivity index (χ3n) is 19.8. The molecule has 0 saturated heterocycles. The number of carbonyl (C=O) groups excluding carboxylic acids is 3. The van der Waals surface area contributed by atoms with E-state index in [-0.39, 0.29) is 32.7 Å². The molecule has 0 heterocycles. The lowest BCUT2D eigenvalue weighted by Crippen LogP contribution is -2.70. The van der Waals surface area contributed by atoms with Gasteiger partial charge in [-0.3, -0.25) is 14.4 Å². The number of thioether (sulfide) groups is 6. The molecule has 3 unspecified atom stereocenters. The minimum Gasteiger partial charge on any atom is -0.465 e. The Hall–Kier alpha value is -3.62. The minimum atomic E-state index is -8.27. The van der Waals surface area contributed by atoms with Crippen LogP contribution in [0.3, 0.4) is 0 Å². The van der Waals surface area contributed by atoms with Gasteiger partial charge in [-0.15, -0.1) is 35.3 Å². The van der Waals surface area contributed by atoms with Crippen LogP contribution in [0, 0.1) is 34.0 Å². The van der Waals surface area contributed by atoms with E-state index in [4.69, 9.17) is 52.4 Å². The Morgan fingerprint density at radius 2 is 0.417 bits per heavy atom. The summed E-state index contributed by atoms with van der Waals surface area (Å²) in [5.41, 5.74) is 0. The van der Waals surface area contributed by atoms with Gasteiger partial charge in [0, 0.05) is 19.3 Å². The van der Waals surface area contributed by atoms with Gasteiger partial charge in [0.25, 0.3) is 0 Å². The van der Waals surface area contributed by atoms with Gasteiger partial charge in [-0.2, -0.15) is 196 Å². The number of esters is 3. The maximum atomic E-state index is 14.3. The first kappa shape index (κ1) is 140. The molecule has 0 N–H and O–H groups in total. The van der Waals surface area contributed by atoms with Crippen LogP contribution in [0.5, 0.6) is 0 Å². The zero-order valence-corrected chi connectivity index (χ0v) is 81.6. The number of halogens is 41. The van der Waals surface area contributed by atoms with Crippen molar-refractivity contribution in [2.24, 2.45) is 0 Å². The fourth-order valence-electron chi connectivity index (χ4n) is 11.3. The summed E-state index contributed by atoms with van der Waals surface area (Å²) < 4.78 is 560. The predicted octanol–water partition coefficient (Wildman–Crippen LogP) is 34.0. The van der Waals surface area contributed by atoms with Crippen LogP contribution in [0.1, 0.15) is 278 Å². The fraction of sp³-hybridized carbons (Fsp3) is 0.887. The van der Waals surface area contributed by atoms with E-state index >= 15 is 0 Å². The molecule has 0 aliphatic heterocycles. The normalized spacial score (nSPS) is 14.3. The highest BCUT2D eigenvalue weighted by molar-refractivity contribution is 8.48. The Morgan fingerprint density at radius 1 is 0.252 bits per heavy atom. The number of unbranched alkanes of at least 4 members (excludes halogenated alkanes) is 27. The standard InChI is InChI=1S/C30H36F19NO2S3.C26H34F13NO2S3.C24H34F9NO2S3/c1-2-3-4-5-6-7-8-9-10-11-17-54-21(53)55-19(13-12-15-50)20(51)52-16-14-22(31,32)25(37,38)28(43,44)26(39,40)23(33,34)18-24(35,36)27(41,42)29(45,46)30(47,48)49;1-2-3-4-5-6-7-8-9-10-11-17-44-20(43)45-18(13-12-15-40)19(41)42-16-14-21(27,28)22(29,30)23(31,32)24(33,34)25(35,36)26(37,38)39;1-2-3-4-5-6-7-8-9-10-11-17-38-20(37)39-18(13-12-15-34)19(35)36-16-14-21(25,26)22(27,28)23(29,30)24(31,32)33/h19H,2-14,16-18H2,1H3;18H,2-14,16-17H2,1H3;18H,2-14,16-17H2,1H3. The molecule has 59 heteroatoms. The van der Waals surface area contributed by atoms with E-state index in [0.29, 0.717) is 50.7 Å². The number of hydrogen-bond donors (Lipinski definition) is 0. The molecule has 0 aromatic rings. The summed E-state index contributed by atoms with van der Waals surface area (Å²) in [5.74, 6) is -122. The van der Waals surface area contributed by atoms with Gasteiger partial charge in [0.2, 0.25) is 0 Å². The van der Waals surface area contributed by atoms with Crippen molar-refractivity contribution in [1.82, 2.24) is 0 Å². The average molecular weight is 2270 g/mol. The van der Waals surface area contributed by atoms with E-state index < -0.39 is 205 Å². The predicted molar refractivity (Wildman–Crippen MR) is 458 cm³/mol. The van der Waals surface area contributed by atoms with E-state index in [1.807, 2.05) is 0 Å². The van der Waals surface area contributed by atoms with Gasteiger partial charge in [0.15, 0.2) is 0 Å². The van der Waals surface area contributed by atoms with Crippen molar-refractivity contribution in [2.75, 3.05) is 37.1 Å². The van der Waals surface area contributed by atoms with Gasteiger partial charge in [0.05, 0.1) is 63.7 Å². The molecule has 0 aliphatic rings. The fourth-order valence-corrected chi connectivity index (χ4v) is 19.2. The van der Waals surface area contributed by atoms with E-state index in [1.54, 1.807) is 18.2 Å². The second-order valence-corrected chi connectivity index (χ2v) is 41.5. The van der Waals surface area contributed by atoms with Crippen molar-refractivity contribution in [3.63, 3.8) is 0 Å². The van der Waals surface area contributed by atoms with Gasteiger partial charge in [-0.1, -0.05) is 266 Å². The smallest absolute Gasteiger partial charge is 0.460 e. The molecule has 0 aromatic carbocycles. The zero-order chi connectivity index (χ0) is 109. The number of ether oxygens (including phenoxy) is 3. The van der Waals surface area contributed by atoms with Crippen molar-refractivity contribution in [3.8, 4) is 18.2 Å². The minimum absolute atomic E-state index is 0.0703. The summed E-state index contributed by atoms with van der Waals surface area (Å²) in [4.78, 5) is 37.0. The van der Waals surface area contributed by atoms with E-state index in [2.05, 4.69) is 35.0 Å². The Kier molecular flexibility index (Phi) is 62.9. The van der Waals surface area contributed by atoms with Gasteiger partial charge < -0.3 is 14.2 Å². The van der Waals surface area contributed by atoms with E-state index in [9.17, 15) is 194 Å². The second-order valence-electron chi connectivity index (χ2n) is 31.0. The van der Waals surface area contributed by atoms with Crippen molar-refractivity contribution in [3.05, 3.63) is 0 Å². The summed E-state index contributed by atoms with van der Waals surface area (Å²) >= 11 is 21.0. The molecular formula is C80H104F41N3O6S9. The topological polar surface area (TPSA) is 150 Å². The van der Waals surface area contributed by atoms with Crippen LogP contribution in [0.4, 0.5) is 180 Å². The maximum Gasteiger partial charge on any atom is 0.460 e. The molecule has 9 nitrogen and oxygen atoms in total. The Bertz CT molecular complexity index is 3720. The molecule has 816 valence electrons. The van der Waals surface area contributed by atoms with Crippen molar-refractivity contribution in [2.45, 2.75) is 407 Å². The zero-order valence-electron chi connectivity index (χ0n) is 74.2. The van der Waals surface area contributed by atoms with Crippen molar-refractivity contribution >= 4 is 136 Å². The molecule has 0 aliphatic carbocycles. The highest BCUT2D eigenvalue weighted by Gasteiger charge is 2.92. The first-order chi connectivity index (χ1) is 63.3. The number of carbonyl (C=O) groups is 3. The van der Waals surface area contributed by atoms with Gasteiger partial charge >= 0.3 is 131 Å². The Morgan fingerprint density at radius 3 is 0.619 bits per heavy atom. The van der Waals surface area contributed by atoms with E-state index in [1.165, 1.54) is 95.2 Å². The molecule has 0 fully saturated rings.